The lowest BCUT2D eigenvalue weighted by Crippen LogP contribution is -2.38. The molecule has 9 heteroatoms. The second-order valence-corrected chi connectivity index (χ2v) is 8.11. The molecule has 0 spiro atoms. The Balaban J connectivity index is 1.69. The Labute approximate surface area is 205 Å². The first-order valence-corrected chi connectivity index (χ1v) is 11.3. The molecule has 6 nitrogen and oxygen atoms in total. The number of hydrogen-bond donors (Lipinski definition) is 1. The molecule has 0 atom stereocenters. The summed E-state index contributed by atoms with van der Waals surface area (Å²) in [5.41, 5.74) is 0.619. The molecule has 2 heterocycles. The average Bonchev–Trinajstić information content (AvgIpc) is 2.89. The van der Waals surface area contributed by atoms with Crippen LogP contribution in [0.3, 0.4) is 0 Å². The number of benzene rings is 2. The second kappa shape index (κ2) is 11.0. The summed E-state index contributed by atoms with van der Waals surface area (Å²) >= 11 is 0. The molecular formula is C27H23F3N4O2. The molecule has 2 amide bonds. The maximum Gasteiger partial charge on any atom is 0.417 e. The number of rotatable bonds is 9. The Morgan fingerprint density at radius 1 is 0.972 bits per heavy atom. The third kappa shape index (κ3) is 5.68. The zero-order valence-electron chi connectivity index (χ0n) is 19.2. The Bertz CT molecular complexity index is 1350. The van der Waals surface area contributed by atoms with Crippen molar-refractivity contribution in [2.45, 2.75) is 12.6 Å². The van der Waals surface area contributed by atoms with Gasteiger partial charge in [-0.1, -0.05) is 36.4 Å². The van der Waals surface area contributed by atoms with E-state index in [1.165, 1.54) is 23.2 Å². The maximum atomic E-state index is 14.2. The Morgan fingerprint density at radius 2 is 1.78 bits per heavy atom. The quantitative estimate of drug-likeness (QED) is 0.270. The van der Waals surface area contributed by atoms with Crippen LogP contribution in [0.25, 0.3) is 22.0 Å². The third-order valence-electron chi connectivity index (χ3n) is 5.78. The molecule has 0 radical (unpaired) electrons. The largest absolute Gasteiger partial charge is 0.417 e. The molecule has 2 aromatic carbocycles. The molecule has 0 unspecified atom stereocenters. The normalized spacial score (nSPS) is 11.3. The lowest BCUT2D eigenvalue weighted by atomic mass is 9.94. The number of nitrogens with one attached hydrogen (secondary N) is 1. The van der Waals surface area contributed by atoms with E-state index in [0.29, 0.717) is 29.3 Å². The lowest BCUT2D eigenvalue weighted by Gasteiger charge is -2.24. The van der Waals surface area contributed by atoms with Crippen LogP contribution >= 0.6 is 0 Å². The molecular weight excluding hydrogens is 469 g/mol. The highest BCUT2D eigenvalue weighted by Gasteiger charge is 2.35. The number of halogens is 3. The number of pyridine rings is 2. The number of alkyl halides is 3. The second-order valence-electron chi connectivity index (χ2n) is 8.11. The minimum absolute atomic E-state index is 0.0483. The van der Waals surface area contributed by atoms with Gasteiger partial charge in [-0.25, -0.2) is 0 Å². The fourth-order valence-corrected chi connectivity index (χ4v) is 4.03. The van der Waals surface area contributed by atoms with Crippen LogP contribution in [0.4, 0.5) is 13.2 Å². The summed E-state index contributed by atoms with van der Waals surface area (Å²) in [5.74, 6) is -0.556. The first kappa shape index (κ1) is 24.8. The van der Waals surface area contributed by atoms with Crippen molar-refractivity contribution in [1.29, 1.82) is 0 Å². The van der Waals surface area contributed by atoms with Gasteiger partial charge in [0, 0.05) is 54.7 Å². The molecule has 0 aliphatic carbocycles. The Kier molecular flexibility index (Phi) is 7.58. The molecule has 0 saturated heterocycles. The summed E-state index contributed by atoms with van der Waals surface area (Å²) in [6, 6.07) is 15.8. The van der Waals surface area contributed by atoms with E-state index in [-0.39, 0.29) is 30.8 Å². The molecule has 0 fully saturated rings. The number of nitrogens with zero attached hydrogens (tertiary/aromatic N) is 3. The Morgan fingerprint density at radius 3 is 2.53 bits per heavy atom. The fraction of sp³-hybridized carbons (Fsp3) is 0.185. The van der Waals surface area contributed by atoms with E-state index in [9.17, 15) is 22.8 Å². The Hall–Kier alpha value is -4.27. The fourth-order valence-electron chi connectivity index (χ4n) is 4.03. The molecule has 2 aromatic heterocycles. The van der Waals surface area contributed by atoms with E-state index in [0.717, 1.165) is 11.6 Å². The van der Waals surface area contributed by atoms with Gasteiger partial charge in [-0.05, 0) is 41.8 Å². The van der Waals surface area contributed by atoms with Crippen molar-refractivity contribution in [3.8, 4) is 11.1 Å². The molecule has 0 aliphatic rings. The molecule has 4 rings (SSSR count). The van der Waals surface area contributed by atoms with E-state index in [1.807, 2.05) is 6.07 Å². The smallest absolute Gasteiger partial charge is 0.357 e. The van der Waals surface area contributed by atoms with Crippen LogP contribution < -0.4 is 5.32 Å². The molecule has 1 N–H and O–H groups in total. The molecule has 0 saturated carbocycles. The molecule has 36 heavy (non-hydrogen) atoms. The van der Waals surface area contributed by atoms with Gasteiger partial charge in [0.25, 0.3) is 5.91 Å². The van der Waals surface area contributed by atoms with E-state index in [2.05, 4.69) is 15.3 Å². The molecule has 184 valence electrons. The van der Waals surface area contributed by atoms with Crippen molar-refractivity contribution in [3.05, 3.63) is 95.9 Å². The predicted molar refractivity (Wildman–Crippen MR) is 130 cm³/mol. The van der Waals surface area contributed by atoms with Crippen molar-refractivity contribution >= 4 is 23.2 Å². The topological polar surface area (TPSA) is 75.2 Å². The van der Waals surface area contributed by atoms with E-state index in [4.69, 9.17) is 0 Å². The highest BCUT2D eigenvalue weighted by molar-refractivity contribution is 5.98. The standard InChI is InChI=1S/C27H23F3N4O2/c28-27(29,30)24-16-21(8-9-22(24)23-7-1-5-20-6-3-12-33-25(20)23)26(36)34(15-13-32-18-35)14-10-19-4-2-11-31-17-19/h1-9,11-12,16-18H,10,13-15H2,(H,32,35). The number of para-hydroxylation sites is 1. The van der Waals surface area contributed by atoms with Crippen molar-refractivity contribution in [2.24, 2.45) is 0 Å². The SMILES string of the molecule is O=CNCCN(CCc1cccnc1)C(=O)c1ccc(-c2cccc3cccnc23)c(C(F)(F)F)c1. The van der Waals surface area contributed by atoms with Gasteiger partial charge < -0.3 is 10.2 Å². The van der Waals surface area contributed by atoms with Crippen molar-refractivity contribution in [3.63, 3.8) is 0 Å². The number of hydrogen-bond acceptors (Lipinski definition) is 4. The summed E-state index contributed by atoms with van der Waals surface area (Å²) in [7, 11) is 0. The van der Waals surface area contributed by atoms with Crippen LogP contribution in [0.1, 0.15) is 21.5 Å². The first-order valence-electron chi connectivity index (χ1n) is 11.3. The van der Waals surface area contributed by atoms with Crippen LogP contribution in [0.5, 0.6) is 0 Å². The zero-order valence-corrected chi connectivity index (χ0v) is 19.2. The van der Waals surface area contributed by atoms with Crippen molar-refractivity contribution in [2.75, 3.05) is 19.6 Å². The van der Waals surface area contributed by atoms with Gasteiger partial charge in [-0.3, -0.25) is 19.6 Å². The van der Waals surface area contributed by atoms with Crippen LogP contribution in [-0.4, -0.2) is 46.8 Å². The first-order chi connectivity index (χ1) is 17.4. The minimum atomic E-state index is -4.69. The van der Waals surface area contributed by atoms with Gasteiger partial charge in [-0.15, -0.1) is 0 Å². The summed E-state index contributed by atoms with van der Waals surface area (Å²) in [4.78, 5) is 33.7. The van der Waals surface area contributed by atoms with Gasteiger partial charge in [0.15, 0.2) is 0 Å². The van der Waals surface area contributed by atoms with Crippen LogP contribution in [0, 0.1) is 0 Å². The number of fused-ring (bicyclic) bond motifs is 1. The zero-order chi connectivity index (χ0) is 25.5. The van der Waals surface area contributed by atoms with Gasteiger partial charge in [0.2, 0.25) is 6.41 Å². The van der Waals surface area contributed by atoms with E-state index < -0.39 is 17.6 Å². The minimum Gasteiger partial charge on any atom is -0.357 e. The van der Waals surface area contributed by atoms with Crippen LogP contribution in [0.15, 0.2) is 79.3 Å². The highest BCUT2D eigenvalue weighted by atomic mass is 19.4. The van der Waals surface area contributed by atoms with Gasteiger partial charge in [-0.2, -0.15) is 13.2 Å². The van der Waals surface area contributed by atoms with Crippen molar-refractivity contribution < 1.29 is 22.8 Å². The number of amides is 2. The van der Waals surface area contributed by atoms with E-state index >= 15 is 0 Å². The van der Waals surface area contributed by atoms with Gasteiger partial charge >= 0.3 is 6.18 Å². The third-order valence-corrected chi connectivity index (χ3v) is 5.78. The van der Waals surface area contributed by atoms with Crippen LogP contribution in [0.2, 0.25) is 0 Å². The molecule has 4 aromatic rings. The highest BCUT2D eigenvalue weighted by Crippen LogP contribution is 2.39. The lowest BCUT2D eigenvalue weighted by molar-refractivity contribution is -0.137. The number of carbonyl (C=O) groups excluding carboxylic acids is 2. The molecule has 0 aliphatic heterocycles. The predicted octanol–water partition coefficient (Wildman–Crippen LogP) is 4.75. The monoisotopic (exact) mass is 492 g/mol. The van der Waals surface area contributed by atoms with Crippen molar-refractivity contribution in [1.82, 2.24) is 20.2 Å². The summed E-state index contributed by atoms with van der Waals surface area (Å²) in [5, 5.41) is 3.21. The van der Waals surface area contributed by atoms with Crippen LogP contribution in [-0.2, 0) is 17.4 Å². The van der Waals surface area contributed by atoms with E-state index in [1.54, 1.807) is 48.8 Å². The number of carbonyl (C=O) groups is 2. The summed E-state index contributed by atoms with van der Waals surface area (Å²) in [6.07, 6.45) is 1.12. The average molecular weight is 493 g/mol. The molecule has 0 bridgehead atoms. The van der Waals surface area contributed by atoms with Gasteiger partial charge in [0.05, 0.1) is 11.1 Å². The maximum absolute atomic E-state index is 14.2. The van der Waals surface area contributed by atoms with Gasteiger partial charge in [0.1, 0.15) is 0 Å². The summed E-state index contributed by atoms with van der Waals surface area (Å²) in [6.45, 7) is 0.573. The number of aromatic nitrogens is 2. The summed E-state index contributed by atoms with van der Waals surface area (Å²) < 4.78 is 42.6.